The van der Waals surface area contributed by atoms with Crippen LogP contribution in [-0.2, 0) is 27.3 Å². The Morgan fingerprint density at radius 2 is 1.31 bits per heavy atom. The molecular formula is C19H42Cl5N6O6P3. The summed E-state index contributed by atoms with van der Waals surface area (Å²) in [5.41, 5.74) is 0. The highest BCUT2D eigenvalue weighted by molar-refractivity contribution is 7.55. The van der Waals surface area contributed by atoms with Gasteiger partial charge in [-0.1, -0.05) is 0 Å². The van der Waals surface area contributed by atoms with Crippen LogP contribution in [0.3, 0.4) is 0 Å². The number of rotatable bonds is 13. The minimum Gasteiger partial charge on any atom is -0.306 e. The Labute approximate surface area is 257 Å². The molecule has 0 radical (unpaired) electrons. The first kappa shape index (κ1) is 38.8. The molecule has 12 nitrogen and oxygen atoms in total. The lowest BCUT2D eigenvalue weighted by Crippen LogP contribution is -2.36. The zero-order valence-electron chi connectivity index (χ0n) is 22.0. The van der Waals surface area contributed by atoms with Crippen LogP contribution in [0.2, 0.25) is 0 Å². The lowest BCUT2D eigenvalue weighted by atomic mass is 10.4. The van der Waals surface area contributed by atoms with Crippen LogP contribution in [0.4, 0.5) is 0 Å². The van der Waals surface area contributed by atoms with Crippen molar-refractivity contribution in [3.05, 3.63) is 0 Å². The zero-order chi connectivity index (χ0) is 29.0. The summed E-state index contributed by atoms with van der Waals surface area (Å²) >= 11 is 27.8. The van der Waals surface area contributed by atoms with Crippen LogP contribution in [0.25, 0.3) is 0 Å². The zero-order valence-corrected chi connectivity index (χ0v) is 28.5. The van der Waals surface area contributed by atoms with Crippen molar-refractivity contribution in [2.24, 2.45) is 0 Å². The summed E-state index contributed by atoms with van der Waals surface area (Å²) in [5, 5.41) is 11.3. The highest BCUT2D eigenvalue weighted by Crippen LogP contribution is 2.49. The molecule has 20 heteroatoms. The SMILES string of the molecule is O=P1(N(CCCl)CCCl)NCCCO1.O=P1(NCCCl)NCCCO1.O=P1(NCCCl)OCCCN1CCCl. The van der Waals surface area contributed by atoms with E-state index >= 15 is 0 Å². The Hall–Kier alpha value is 1.78. The number of hydrogen-bond donors (Lipinski definition) is 4. The van der Waals surface area contributed by atoms with Crippen molar-refractivity contribution < 1.29 is 27.3 Å². The van der Waals surface area contributed by atoms with Crippen molar-refractivity contribution >= 4 is 81.0 Å². The molecular weight excluding hydrogens is 678 g/mol. The van der Waals surface area contributed by atoms with E-state index in [0.29, 0.717) is 81.9 Å². The average Bonchev–Trinajstić information content (AvgIpc) is 2.94. The maximum absolute atomic E-state index is 12.2. The lowest BCUT2D eigenvalue weighted by molar-refractivity contribution is 0.203. The molecule has 3 rings (SSSR count). The second-order valence-electron chi connectivity index (χ2n) is 8.14. The molecule has 0 amide bonds. The second-order valence-corrected chi connectivity index (χ2v) is 16.4. The highest BCUT2D eigenvalue weighted by Gasteiger charge is 2.34. The molecule has 4 N–H and O–H groups in total. The normalized spacial score (nSPS) is 29.7. The third-order valence-electron chi connectivity index (χ3n) is 5.23. The van der Waals surface area contributed by atoms with Gasteiger partial charge in [-0.2, -0.15) is 0 Å². The number of nitrogens with one attached hydrogen (secondary N) is 4. The molecule has 3 aliphatic rings. The molecule has 234 valence electrons. The van der Waals surface area contributed by atoms with Crippen molar-refractivity contribution in [1.29, 1.82) is 0 Å². The molecule has 3 unspecified atom stereocenters. The lowest BCUT2D eigenvalue weighted by Gasteiger charge is -2.34. The van der Waals surface area contributed by atoms with Gasteiger partial charge in [0.25, 0.3) is 0 Å². The molecule has 3 saturated heterocycles. The van der Waals surface area contributed by atoms with Gasteiger partial charge in [-0.25, -0.2) is 29.7 Å². The van der Waals surface area contributed by atoms with Crippen molar-refractivity contribution in [1.82, 2.24) is 29.7 Å². The molecule has 0 aliphatic carbocycles. The van der Waals surface area contributed by atoms with Crippen LogP contribution in [0.5, 0.6) is 0 Å². The van der Waals surface area contributed by atoms with Crippen molar-refractivity contribution in [3.63, 3.8) is 0 Å². The summed E-state index contributed by atoms with van der Waals surface area (Å²) in [7, 11) is -8.40. The van der Waals surface area contributed by atoms with E-state index in [0.717, 1.165) is 38.9 Å². The van der Waals surface area contributed by atoms with Gasteiger partial charge in [-0.15, -0.1) is 58.0 Å². The van der Waals surface area contributed by atoms with E-state index in [2.05, 4.69) is 20.3 Å². The summed E-state index contributed by atoms with van der Waals surface area (Å²) < 4.78 is 55.0. The quantitative estimate of drug-likeness (QED) is 0.155. The highest BCUT2D eigenvalue weighted by atomic mass is 35.5. The fraction of sp³-hybridized carbons (Fsp3) is 1.00. The van der Waals surface area contributed by atoms with Crippen molar-refractivity contribution in [3.8, 4) is 0 Å². The van der Waals surface area contributed by atoms with E-state index in [9.17, 15) is 13.7 Å². The molecule has 3 fully saturated rings. The second kappa shape index (κ2) is 22.3. The minimum atomic E-state index is -2.84. The van der Waals surface area contributed by atoms with Gasteiger partial charge < -0.3 is 13.6 Å². The van der Waals surface area contributed by atoms with Crippen molar-refractivity contribution in [2.45, 2.75) is 19.3 Å². The fourth-order valence-electron chi connectivity index (χ4n) is 3.43. The van der Waals surface area contributed by atoms with Gasteiger partial charge in [-0.05, 0) is 19.3 Å². The van der Waals surface area contributed by atoms with Crippen LogP contribution < -0.4 is 20.3 Å². The molecule has 0 bridgehead atoms. The van der Waals surface area contributed by atoms with Crippen LogP contribution in [0.1, 0.15) is 19.3 Å². The minimum absolute atomic E-state index is 0.419. The van der Waals surface area contributed by atoms with Crippen LogP contribution in [0, 0.1) is 0 Å². The van der Waals surface area contributed by atoms with E-state index in [1.54, 1.807) is 9.34 Å². The molecule has 3 aliphatic heterocycles. The van der Waals surface area contributed by atoms with Crippen LogP contribution >= 0.6 is 81.0 Å². The number of hydrogen-bond acceptors (Lipinski definition) is 6. The average molecular weight is 721 g/mol. The maximum Gasteiger partial charge on any atom is 0.343 e. The third kappa shape index (κ3) is 15.4. The van der Waals surface area contributed by atoms with E-state index < -0.39 is 23.0 Å². The Balaban J connectivity index is 0.000000295. The Bertz CT molecular complexity index is 760. The van der Waals surface area contributed by atoms with Gasteiger partial charge in [0.2, 0.25) is 0 Å². The monoisotopic (exact) mass is 718 g/mol. The largest absolute Gasteiger partial charge is 0.343 e. The van der Waals surface area contributed by atoms with E-state index in [1.807, 2.05) is 0 Å². The molecule has 0 aromatic rings. The molecule has 0 aromatic heterocycles. The summed E-state index contributed by atoms with van der Waals surface area (Å²) in [5.74, 6) is 2.16. The number of halogens is 5. The number of alkyl halides is 5. The summed E-state index contributed by atoms with van der Waals surface area (Å²) in [6.45, 7) is 6.47. The predicted molar refractivity (Wildman–Crippen MR) is 163 cm³/mol. The summed E-state index contributed by atoms with van der Waals surface area (Å²) in [4.78, 5) is 0. The molecule has 3 atom stereocenters. The van der Waals surface area contributed by atoms with Gasteiger partial charge >= 0.3 is 23.0 Å². The Morgan fingerprint density at radius 3 is 1.82 bits per heavy atom. The van der Waals surface area contributed by atoms with Crippen LogP contribution in [-0.4, -0.2) is 111 Å². The smallest absolute Gasteiger partial charge is 0.306 e. The summed E-state index contributed by atoms with van der Waals surface area (Å²) in [6, 6.07) is 0. The first-order chi connectivity index (χ1) is 18.7. The van der Waals surface area contributed by atoms with E-state index in [1.165, 1.54) is 0 Å². The van der Waals surface area contributed by atoms with Gasteiger partial charge in [0, 0.05) is 81.8 Å². The molecule has 3 heterocycles. The van der Waals surface area contributed by atoms with E-state index in [-0.39, 0.29) is 0 Å². The van der Waals surface area contributed by atoms with Gasteiger partial charge in [0.15, 0.2) is 0 Å². The van der Waals surface area contributed by atoms with Crippen molar-refractivity contribution in [2.75, 3.05) is 102 Å². The van der Waals surface area contributed by atoms with E-state index in [4.69, 9.17) is 71.6 Å². The van der Waals surface area contributed by atoms with Gasteiger partial charge in [0.1, 0.15) is 0 Å². The Kier molecular flexibility index (Phi) is 22.2. The number of nitrogens with zero attached hydrogens (tertiary/aromatic N) is 2. The standard InChI is InChI=1S/2C7H15Cl2N2O2P.C5H12ClN2O2P/c8-2-4-10-14(12)11(6-3-9)5-1-7-13-14;8-2-5-11(6-3-9)14(12)10-4-1-7-13-14;6-2-4-8-11(9)7-3-1-5-10-11/h2*1-7H2,(H,10,12);1-5H2,(H2,7,8,9). The molecule has 0 saturated carbocycles. The molecule has 0 aromatic carbocycles. The summed E-state index contributed by atoms with van der Waals surface area (Å²) in [6.07, 6.45) is 2.69. The topological polar surface area (TPSA) is 134 Å². The van der Waals surface area contributed by atoms with Gasteiger partial charge in [-0.3, -0.25) is 13.7 Å². The fourth-order valence-corrected chi connectivity index (χ4v) is 10.4. The first-order valence-electron chi connectivity index (χ1n) is 12.8. The molecule has 0 spiro atoms. The predicted octanol–water partition coefficient (Wildman–Crippen LogP) is 4.70. The van der Waals surface area contributed by atoms with Crippen LogP contribution in [0.15, 0.2) is 0 Å². The third-order valence-corrected chi connectivity index (χ3v) is 12.5. The molecule has 39 heavy (non-hydrogen) atoms. The van der Waals surface area contributed by atoms with Gasteiger partial charge in [0.05, 0.1) is 19.8 Å². The first-order valence-corrected chi connectivity index (χ1v) is 20.2. The maximum atomic E-state index is 12.2. The Morgan fingerprint density at radius 1 is 0.718 bits per heavy atom.